The summed E-state index contributed by atoms with van der Waals surface area (Å²) in [6.45, 7) is 1.92. The minimum absolute atomic E-state index is 0.175. The van der Waals surface area contributed by atoms with Gasteiger partial charge in [-0.25, -0.2) is 0 Å². The van der Waals surface area contributed by atoms with Gasteiger partial charge in [-0.3, -0.25) is 4.79 Å². The van der Waals surface area contributed by atoms with Crippen molar-refractivity contribution < 1.29 is 21.3 Å². The van der Waals surface area contributed by atoms with Crippen molar-refractivity contribution in [3.05, 3.63) is 59.7 Å². The zero-order valence-electron chi connectivity index (χ0n) is 11.0. The SMILES string of the molecule is Cc1ccc(C(=O)Nc2ccc(OS(=O)(=O)F)cc2)cc1. The lowest BCUT2D eigenvalue weighted by atomic mass is 10.1. The third-order valence-corrected chi connectivity index (χ3v) is 3.01. The Bertz CT molecular complexity index is 740. The lowest BCUT2D eigenvalue weighted by Crippen LogP contribution is -2.11. The summed E-state index contributed by atoms with van der Waals surface area (Å²) in [5.74, 6) is -0.479. The fourth-order valence-electron chi connectivity index (χ4n) is 1.62. The number of carbonyl (C=O) groups is 1. The van der Waals surface area contributed by atoms with Crippen molar-refractivity contribution in [2.75, 3.05) is 5.32 Å². The van der Waals surface area contributed by atoms with Crippen LogP contribution in [0.2, 0.25) is 0 Å². The molecular weight excluding hydrogens is 297 g/mol. The van der Waals surface area contributed by atoms with Crippen molar-refractivity contribution in [3.8, 4) is 5.75 Å². The Labute approximate surface area is 121 Å². The summed E-state index contributed by atoms with van der Waals surface area (Å²) in [6.07, 6.45) is 0. The lowest BCUT2D eigenvalue weighted by Gasteiger charge is -2.06. The van der Waals surface area contributed by atoms with Gasteiger partial charge in [-0.1, -0.05) is 21.6 Å². The fraction of sp³-hybridized carbons (Fsp3) is 0.0714. The van der Waals surface area contributed by atoms with Gasteiger partial charge in [-0.15, -0.1) is 0 Å². The molecule has 110 valence electrons. The molecule has 1 N–H and O–H groups in total. The quantitative estimate of drug-likeness (QED) is 0.881. The molecule has 0 unspecified atom stereocenters. The number of halogens is 1. The highest BCUT2D eigenvalue weighted by Crippen LogP contribution is 2.18. The number of amides is 1. The number of hydrogen-bond acceptors (Lipinski definition) is 4. The molecule has 0 aromatic heterocycles. The fourth-order valence-corrected chi connectivity index (χ4v) is 1.96. The summed E-state index contributed by atoms with van der Waals surface area (Å²) in [6, 6.07) is 12.3. The van der Waals surface area contributed by atoms with Crippen molar-refractivity contribution in [2.45, 2.75) is 6.92 Å². The number of anilines is 1. The van der Waals surface area contributed by atoms with E-state index in [2.05, 4.69) is 9.50 Å². The van der Waals surface area contributed by atoms with Crippen molar-refractivity contribution >= 4 is 22.1 Å². The molecule has 0 atom stereocenters. The molecule has 0 bridgehead atoms. The summed E-state index contributed by atoms with van der Waals surface area (Å²) in [5.41, 5.74) is 1.97. The van der Waals surface area contributed by atoms with E-state index in [-0.39, 0.29) is 11.7 Å². The monoisotopic (exact) mass is 309 g/mol. The highest BCUT2D eigenvalue weighted by molar-refractivity contribution is 7.81. The van der Waals surface area contributed by atoms with Gasteiger partial charge in [0.25, 0.3) is 5.91 Å². The van der Waals surface area contributed by atoms with E-state index in [1.807, 2.05) is 19.1 Å². The molecule has 2 aromatic rings. The van der Waals surface area contributed by atoms with Crippen LogP contribution in [0.3, 0.4) is 0 Å². The highest BCUT2D eigenvalue weighted by atomic mass is 32.3. The maximum atomic E-state index is 12.3. The second-order valence-electron chi connectivity index (χ2n) is 4.32. The number of nitrogens with one attached hydrogen (secondary N) is 1. The standard InChI is InChI=1S/C14H12FNO4S/c1-10-2-4-11(5-3-10)14(17)16-12-6-8-13(9-7-12)20-21(15,18)19/h2-9H,1H3,(H,16,17). The molecule has 2 aromatic carbocycles. The van der Waals surface area contributed by atoms with Crippen LogP contribution in [0, 0.1) is 6.92 Å². The second-order valence-corrected chi connectivity index (χ2v) is 5.27. The van der Waals surface area contributed by atoms with Crippen LogP contribution in [-0.2, 0) is 10.5 Å². The van der Waals surface area contributed by atoms with E-state index in [4.69, 9.17) is 0 Å². The van der Waals surface area contributed by atoms with Crippen LogP contribution in [0.4, 0.5) is 9.57 Å². The maximum Gasteiger partial charge on any atom is 0.488 e. The number of rotatable bonds is 4. The van der Waals surface area contributed by atoms with Crippen LogP contribution in [0.5, 0.6) is 5.75 Å². The highest BCUT2D eigenvalue weighted by Gasteiger charge is 2.10. The Balaban J connectivity index is 2.06. The zero-order valence-corrected chi connectivity index (χ0v) is 11.9. The number of aryl methyl sites for hydroxylation is 1. The van der Waals surface area contributed by atoms with Crippen LogP contribution in [-0.4, -0.2) is 14.3 Å². The van der Waals surface area contributed by atoms with Gasteiger partial charge in [0.2, 0.25) is 0 Å². The number of hydrogen-bond donors (Lipinski definition) is 1. The maximum absolute atomic E-state index is 12.3. The predicted octanol–water partition coefficient (Wildman–Crippen LogP) is 2.84. The first kappa shape index (κ1) is 15.0. The van der Waals surface area contributed by atoms with Crippen LogP contribution in [0.1, 0.15) is 15.9 Å². The topological polar surface area (TPSA) is 72.5 Å². The minimum atomic E-state index is -5.05. The van der Waals surface area contributed by atoms with Gasteiger partial charge in [0.1, 0.15) is 5.75 Å². The molecule has 1 amide bonds. The van der Waals surface area contributed by atoms with Crippen molar-refractivity contribution in [3.63, 3.8) is 0 Å². The number of carbonyl (C=O) groups excluding carboxylic acids is 1. The van der Waals surface area contributed by atoms with Gasteiger partial charge in [0.05, 0.1) is 0 Å². The van der Waals surface area contributed by atoms with Gasteiger partial charge in [0.15, 0.2) is 0 Å². The molecule has 2 rings (SSSR count). The van der Waals surface area contributed by atoms with Gasteiger partial charge in [0, 0.05) is 11.3 Å². The minimum Gasteiger partial charge on any atom is -0.358 e. The second kappa shape index (κ2) is 5.92. The average Bonchev–Trinajstić information content (AvgIpc) is 2.40. The Kier molecular flexibility index (Phi) is 4.23. The molecule has 0 aliphatic rings. The van der Waals surface area contributed by atoms with E-state index in [0.29, 0.717) is 11.3 Å². The van der Waals surface area contributed by atoms with Crippen molar-refractivity contribution in [1.82, 2.24) is 0 Å². The molecule has 0 saturated carbocycles. The molecule has 0 aliphatic carbocycles. The average molecular weight is 309 g/mol. The van der Waals surface area contributed by atoms with Crippen LogP contribution in [0.15, 0.2) is 48.5 Å². The first-order valence-corrected chi connectivity index (χ1v) is 7.26. The van der Waals surface area contributed by atoms with Gasteiger partial charge < -0.3 is 9.50 Å². The van der Waals surface area contributed by atoms with E-state index in [1.165, 1.54) is 24.3 Å². The summed E-state index contributed by atoms with van der Waals surface area (Å²) in [5, 5.41) is 2.63. The van der Waals surface area contributed by atoms with Crippen molar-refractivity contribution in [1.29, 1.82) is 0 Å². The summed E-state index contributed by atoms with van der Waals surface area (Å²) < 4.78 is 37.0. The first-order chi connectivity index (χ1) is 9.83. The van der Waals surface area contributed by atoms with E-state index in [9.17, 15) is 17.1 Å². The summed E-state index contributed by atoms with van der Waals surface area (Å²) in [4.78, 5) is 11.9. The Morgan fingerprint density at radius 3 is 2.14 bits per heavy atom. The van der Waals surface area contributed by atoms with Crippen LogP contribution in [0.25, 0.3) is 0 Å². The van der Waals surface area contributed by atoms with Crippen LogP contribution < -0.4 is 9.50 Å². The lowest BCUT2D eigenvalue weighted by molar-refractivity contribution is 0.102. The van der Waals surface area contributed by atoms with E-state index in [1.54, 1.807) is 12.1 Å². The van der Waals surface area contributed by atoms with Crippen LogP contribution >= 0.6 is 0 Å². The predicted molar refractivity (Wildman–Crippen MR) is 76.2 cm³/mol. The van der Waals surface area contributed by atoms with Gasteiger partial charge in [-0.2, -0.15) is 8.42 Å². The molecule has 0 spiro atoms. The number of benzene rings is 2. The molecule has 0 radical (unpaired) electrons. The largest absolute Gasteiger partial charge is 0.488 e. The van der Waals surface area contributed by atoms with Gasteiger partial charge >= 0.3 is 10.5 Å². The normalized spacial score (nSPS) is 11.0. The third kappa shape index (κ3) is 4.57. The summed E-state index contributed by atoms with van der Waals surface area (Å²) >= 11 is 0. The van der Waals surface area contributed by atoms with E-state index in [0.717, 1.165) is 5.56 Å². The Hall–Kier alpha value is -2.41. The Morgan fingerprint density at radius 1 is 1.05 bits per heavy atom. The van der Waals surface area contributed by atoms with Crippen molar-refractivity contribution in [2.24, 2.45) is 0 Å². The molecule has 0 fully saturated rings. The smallest absolute Gasteiger partial charge is 0.358 e. The molecule has 0 saturated heterocycles. The Morgan fingerprint density at radius 2 is 1.62 bits per heavy atom. The molecule has 0 heterocycles. The van der Waals surface area contributed by atoms with E-state index < -0.39 is 10.5 Å². The molecule has 0 aliphatic heterocycles. The molecule has 5 nitrogen and oxygen atoms in total. The third-order valence-electron chi connectivity index (χ3n) is 2.62. The van der Waals surface area contributed by atoms with E-state index >= 15 is 0 Å². The summed E-state index contributed by atoms with van der Waals surface area (Å²) in [7, 11) is -5.05. The molecule has 7 heteroatoms. The molecule has 21 heavy (non-hydrogen) atoms. The zero-order chi connectivity index (χ0) is 15.5. The molecular formula is C14H12FNO4S. The van der Waals surface area contributed by atoms with Gasteiger partial charge in [-0.05, 0) is 43.3 Å². The first-order valence-electron chi connectivity index (χ1n) is 5.96.